The van der Waals surface area contributed by atoms with Crippen LogP contribution in [0.4, 0.5) is 18.9 Å². The van der Waals surface area contributed by atoms with E-state index in [1.165, 1.54) is 12.1 Å². The van der Waals surface area contributed by atoms with Crippen LogP contribution in [0.2, 0.25) is 5.02 Å². The lowest BCUT2D eigenvalue weighted by molar-refractivity contribution is -0.123. The molecule has 0 fully saturated rings. The van der Waals surface area contributed by atoms with Gasteiger partial charge in [0.15, 0.2) is 6.61 Å². The summed E-state index contributed by atoms with van der Waals surface area (Å²) in [5, 5.41) is 2.79. The van der Waals surface area contributed by atoms with Gasteiger partial charge in [-0.25, -0.2) is 9.98 Å². The predicted octanol–water partition coefficient (Wildman–Crippen LogP) is 4.06. The smallest absolute Gasteiger partial charge is 0.430 e. The van der Waals surface area contributed by atoms with Crippen LogP contribution in [0.3, 0.4) is 0 Å². The number of aromatic nitrogens is 2. The monoisotopic (exact) mass is 465 g/mol. The first-order valence-electron chi connectivity index (χ1n) is 9.34. The molecule has 2 heterocycles. The van der Waals surface area contributed by atoms with Gasteiger partial charge < -0.3 is 20.2 Å². The van der Waals surface area contributed by atoms with Crippen LogP contribution >= 0.6 is 11.6 Å². The summed E-state index contributed by atoms with van der Waals surface area (Å²) in [4.78, 5) is 20.5. The number of hydrogen-bond acceptors (Lipinski definition) is 5. The van der Waals surface area contributed by atoms with Crippen molar-refractivity contribution in [1.82, 2.24) is 14.7 Å². The Bertz CT molecular complexity index is 1190. The van der Waals surface area contributed by atoms with E-state index in [1.807, 2.05) is 29.5 Å². The number of para-hydroxylation sites is 1. The second-order valence-corrected chi connectivity index (χ2v) is 7.10. The number of carbonyl (C=O) groups is 1. The number of imidazole rings is 1. The van der Waals surface area contributed by atoms with Crippen molar-refractivity contribution in [3.63, 3.8) is 0 Å². The highest BCUT2D eigenvalue weighted by Crippen LogP contribution is 2.25. The molecule has 0 atom stereocenters. The quantitative estimate of drug-likeness (QED) is 0.424. The highest BCUT2D eigenvalue weighted by molar-refractivity contribution is 6.33. The van der Waals surface area contributed by atoms with Gasteiger partial charge >= 0.3 is 6.18 Å². The molecular formula is C21H19ClF3N5O2. The third-order valence-corrected chi connectivity index (χ3v) is 4.57. The van der Waals surface area contributed by atoms with Gasteiger partial charge in [0, 0.05) is 18.0 Å². The molecule has 3 N–H and O–H groups in total. The predicted molar refractivity (Wildman–Crippen MR) is 115 cm³/mol. The molecule has 0 aliphatic carbocycles. The molecule has 3 aromatic rings. The summed E-state index contributed by atoms with van der Waals surface area (Å²) in [7, 11) is 0. The summed E-state index contributed by atoms with van der Waals surface area (Å²) < 4.78 is 45.6. The molecule has 3 rings (SSSR count). The summed E-state index contributed by atoms with van der Waals surface area (Å²) in [6.45, 7) is 1.45. The number of hydrogen-bond donors (Lipinski definition) is 2. The van der Waals surface area contributed by atoms with Gasteiger partial charge in [-0.3, -0.25) is 4.79 Å². The van der Waals surface area contributed by atoms with E-state index in [9.17, 15) is 18.0 Å². The molecule has 32 heavy (non-hydrogen) atoms. The van der Waals surface area contributed by atoms with Crippen LogP contribution in [0.5, 0.6) is 0 Å². The van der Waals surface area contributed by atoms with Crippen molar-refractivity contribution >= 4 is 34.7 Å². The number of ether oxygens (including phenoxy) is 1. The van der Waals surface area contributed by atoms with Crippen LogP contribution in [0.25, 0.3) is 5.65 Å². The van der Waals surface area contributed by atoms with Crippen molar-refractivity contribution in [1.29, 1.82) is 0 Å². The maximum absolute atomic E-state index is 12.8. The van der Waals surface area contributed by atoms with E-state index in [-0.39, 0.29) is 17.3 Å². The molecule has 0 bridgehead atoms. The Balaban J connectivity index is 1.68. The molecule has 0 aliphatic rings. The lowest BCUT2D eigenvalue weighted by Crippen LogP contribution is -2.29. The molecule has 0 saturated carbocycles. The molecule has 1 amide bonds. The maximum atomic E-state index is 12.8. The van der Waals surface area contributed by atoms with E-state index in [0.29, 0.717) is 11.8 Å². The SMILES string of the molecule is Cc1cccc2nc(CNC(=O)COC(C=C(N)C(F)(F)F)=Nc3ccccc3Cl)cn12. The molecule has 7 nitrogen and oxygen atoms in total. The number of benzene rings is 1. The first-order chi connectivity index (χ1) is 15.1. The Morgan fingerprint density at radius 3 is 2.72 bits per heavy atom. The lowest BCUT2D eigenvalue weighted by Gasteiger charge is -2.10. The van der Waals surface area contributed by atoms with Crippen molar-refractivity contribution in [3.8, 4) is 0 Å². The molecule has 0 saturated heterocycles. The summed E-state index contributed by atoms with van der Waals surface area (Å²) in [5.74, 6) is -1.09. The zero-order chi connectivity index (χ0) is 23.3. The summed E-state index contributed by atoms with van der Waals surface area (Å²) >= 11 is 5.99. The van der Waals surface area contributed by atoms with Gasteiger partial charge in [0.2, 0.25) is 5.90 Å². The highest BCUT2D eigenvalue weighted by Gasteiger charge is 2.32. The normalized spacial score (nSPS) is 12.8. The average Bonchev–Trinajstić information content (AvgIpc) is 3.16. The minimum absolute atomic E-state index is 0.112. The van der Waals surface area contributed by atoms with E-state index in [1.54, 1.807) is 18.3 Å². The fraction of sp³-hybridized carbons (Fsp3) is 0.190. The van der Waals surface area contributed by atoms with Crippen LogP contribution in [0.1, 0.15) is 11.4 Å². The van der Waals surface area contributed by atoms with E-state index in [4.69, 9.17) is 22.1 Å². The first kappa shape index (κ1) is 23.1. The third-order valence-electron chi connectivity index (χ3n) is 4.25. The van der Waals surface area contributed by atoms with Crippen LogP contribution in [0, 0.1) is 6.92 Å². The minimum Gasteiger partial charge on any atom is -0.467 e. The number of carbonyl (C=O) groups excluding carboxylic acids is 1. The fourth-order valence-electron chi connectivity index (χ4n) is 2.65. The van der Waals surface area contributed by atoms with Crippen molar-refractivity contribution in [2.24, 2.45) is 10.7 Å². The number of nitrogens with zero attached hydrogens (tertiary/aromatic N) is 3. The zero-order valence-corrected chi connectivity index (χ0v) is 17.6. The molecule has 0 aliphatic heterocycles. The highest BCUT2D eigenvalue weighted by atomic mass is 35.5. The second-order valence-electron chi connectivity index (χ2n) is 6.69. The number of nitrogens with one attached hydrogen (secondary N) is 1. The summed E-state index contributed by atoms with van der Waals surface area (Å²) in [5.41, 5.74) is 6.12. The summed E-state index contributed by atoms with van der Waals surface area (Å²) in [6.07, 6.45) is -2.50. The van der Waals surface area contributed by atoms with Gasteiger partial charge in [0.1, 0.15) is 11.3 Å². The molecular weight excluding hydrogens is 447 g/mol. The van der Waals surface area contributed by atoms with Crippen LogP contribution in [0.15, 0.2) is 65.4 Å². The van der Waals surface area contributed by atoms with E-state index < -0.39 is 30.3 Å². The van der Waals surface area contributed by atoms with Crippen molar-refractivity contribution in [2.75, 3.05) is 6.61 Å². The summed E-state index contributed by atoms with van der Waals surface area (Å²) in [6, 6.07) is 11.8. The molecule has 2 aromatic heterocycles. The molecule has 168 valence electrons. The molecule has 0 spiro atoms. The van der Waals surface area contributed by atoms with E-state index in [0.717, 1.165) is 11.3 Å². The van der Waals surface area contributed by atoms with Crippen LogP contribution in [-0.2, 0) is 16.1 Å². The Kier molecular flexibility index (Phi) is 7.04. The standard InChI is InChI=1S/C21H19ClF3N5O2/c1-13-5-4-8-18-28-14(11-30(13)18)10-27-19(31)12-32-20(9-17(26)21(23,24)25)29-16-7-3-2-6-15(16)22/h2-9,11H,10,12,26H2,1H3,(H,27,31). The number of halogens is 4. The Hall–Kier alpha value is -3.53. The average molecular weight is 466 g/mol. The minimum atomic E-state index is -4.78. The van der Waals surface area contributed by atoms with Crippen molar-refractivity contribution in [2.45, 2.75) is 19.6 Å². The molecule has 1 aromatic carbocycles. The number of aryl methyl sites for hydroxylation is 1. The first-order valence-corrected chi connectivity index (χ1v) is 9.72. The molecule has 0 unspecified atom stereocenters. The number of pyridine rings is 1. The molecule has 0 radical (unpaired) electrons. The Morgan fingerprint density at radius 2 is 2.03 bits per heavy atom. The largest absolute Gasteiger partial charge is 0.467 e. The van der Waals surface area contributed by atoms with Gasteiger partial charge in [0.25, 0.3) is 5.91 Å². The fourth-order valence-corrected chi connectivity index (χ4v) is 2.82. The Morgan fingerprint density at radius 1 is 1.28 bits per heavy atom. The number of aliphatic imine (C=N–C) groups is 1. The Labute approximate surface area is 186 Å². The van der Waals surface area contributed by atoms with E-state index >= 15 is 0 Å². The number of alkyl halides is 3. The number of nitrogens with two attached hydrogens (primary N) is 1. The van der Waals surface area contributed by atoms with Gasteiger partial charge in [-0.1, -0.05) is 29.8 Å². The van der Waals surface area contributed by atoms with Gasteiger partial charge in [-0.2, -0.15) is 13.2 Å². The molecule has 11 heteroatoms. The van der Waals surface area contributed by atoms with Crippen molar-refractivity contribution < 1.29 is 22.7 Å². The van der Waals surface area contributed by atoms with Gasteiger partial charge in [-0.15, -0.1) is 0 Å². The zero-order valence-electron chi connectivity index (χ0n) is 16.9. The third kappa shape index (κ3) is 6.01. The lowest BCUT2D eigenvalue weighted by atomic mass is 10.3. The van der Waals surface area contributed by atoms with Gasteiger partial charge in [0.05, 0.1) is 22.9 Å². The number of fused-ring (bicyclic) bond motifs is 1. The van der Waals surface area contributed by atoms with Crippen molar-refractivity contribution in [3.05, 3.63) is 76.8 Å². The van der Waals surface area contributed by atoms with Gasteiger partial charge in [-0.05, 0) is 31.2 Å². The van der Waals surface area contributed by atoms with Crippen LogP contribution < -0.4 is 11.1 Å². The number of rotatable bonds is 6. The topological polar surface area (TPSA) is 94.0 Å². The number of amides is 1. The maximum Gasteiger partial charge on any atom is 0.430 e. The van der Waals surface area contributed by atoms with E-state index in [2.05, 4.69) is 15.3 Å². The second kappa shape index (κ2) is 9.73. The van der Waals surface area contributed by atoms with Crippen LogP contribution in [-0.4, -0.2) is 34.0 Å². The number of allylic oxidation sites excluding steroid dienone is 1.